The maximum Gasteiger partial charge on any atom is 0.277 e. The molecule has 20 heavy (non-hydrogen) atoms. The number of carbonyl (C=O) groups is 1. The van der Waals surface area contributed by atoms with Crippen LogP contribution in [0.5, 0.6) is 0 Å². The average molecular weight is 280 g/mol. The van der Waals surface area contributed by atoms with E-state index in [2.05, 4.69) is 27.8 Å². The quantitative estimate of drug-likeness (QED) is 0.609. The number of H-pyrrole nitrogens is 1. The normalized spacial score (nSPS) is 10.6. The molecule has 0 fully saturated rings. The number of rotatable bonds is 8. The minimum Gasteiger partial charge on any atom is -0.351 e. The molecule has 0 aliphatic rings. The second-order valence-electron chi connectivity index (χ2n) is 4.57. The predicted octanol–water partition coefficient (Wildman–Crippen LogP) is 0.624. The molecule has 1 heterocycles. The third-order valence-corrected chi connectivity index (χ3v) is 3.10. The SMILES string of the molecule is CCCNCCNC(=O)c1c(CC)c(CC)n[nH]c1=O. The Morgan fingerprint density at radius 1 is 1.15 bits per heavy atom. The van der Waals surface area contributed by atoms with Crippen molar-refractivity contribution in [2.24, 2.45) is 0 Å². The third kappa shape index (κ3) is 4.16. The van der Waals surface area contributed by atoms with Crippen LogP contribution in [-0.4, -0.2) is 35.7 Å². The zero-order valence-electron chi connectivity index (χ0n) is 12.5. The number of aryl methyl sites for hydroxylation is 1. The molecule has 6 heteroatoms. The summed E-state index contributed by atoms with van der Waals surface area (Å²) in [5, 5.41) is 12.4. The maximum absolute atomic E-state index is 12.2. The summed E-state index contributed by atoms with van der Waals surface area (Å²) >= 11 is 0. The van der Waals surface area contributed by atoms with E-state index in [4.69, 9.17) is 0 Å². The first-order chi connectivity index (χ1) is 9.65. The summed E-state index contributed by atoms with van der Waals surface area (Å²) in [5.41, 5.74) is 1.31. The van der Waals surface area contributed by atoms with Crippen molar-refractivity contribution in [3.8, 4) is 0 Å². The molecule has 112 valence electrons. The highest BCUT2D eigenvalue weighted by Crippen LogP contribution is 2.09. The first-order valence-electron chi connectivity index (χ1n) is 7.24. The van der Waals surface area contributed by atoms with Crippen molar-refractivity contribution < 1.29 is 4.79 Å². The van der Waals surface area contributed by atoms with Gasteiger partial charge in [-0.05, 0) is 31.4 Å². The van der Waals surface area contributed by atoms with Crippen LogP contribution in [0.2, 0.25) is 0 Å². The van der Waals surface area contributed by atoms with Crippen LogP contribution in [-0.2, 0) is 12.8 Å². The molecule has 0 radical (unpaired) electrons. The zero-order chi connectivity index (χ0) is 15.0. The van der Waals surface area contributed by atoms with E-state index in [9.17, 15) is 9.59 Å². The van der Waals surface area contributed by atoms with Crippen molar-refractivity contribution in [1.82, 2.24) is 20.8 Å². The number of aromatic amines is 1. The minimum absolute atomic E-state index is 0.204. The van der Waals surface area contributed by atoms with E-state index in [1.54, 1.807) is 0 Å². The summed E-state index contributed by atoms with van der Waals surface area (Å²) in [6, 6.07) is 0. The number of nitrogens with one attached hydrogen (secondary N) is 3. The molecule has 1 amide bonds. The molecule has 0 saturated heterocycles. The molecule has 1 aromatic rings. The predicted molar refractivity (Wildman–Crippen MR) is 79.1 cm³/mol. The summed E-state index contributed by atoms with van der Waals surface area (Å²) in [4.78, 5) is 24.0. The smallest absolute Gasteiger partial charge is 0.277 e. The van der Waals surface area contributed by atoms with Gasteiger partial charge in [-0.3, -0.25) is 9.59 Å². The molecule has 6 nitrogen and oxygen atoms in total. The molecular weight excluding hydrogens is 256 g/mol. The van der Waals surface area contributed by atoms with Crippen LogP contribution >= 0.6 is 0 Å². The van der Waals surface area contributed by atoms with E-state index in [0.29, 0.717) is 25.9 Å². The molecular formula is C14H24N4O2. The van der Waals surface area contributed by atoms with Gasteiger partial charge in [-0.1, -0.05) is 20.8 Å². The van der Waals surface area contributed by atoms with E-state index >= 15 is 0 Å². The van der Waals surface area contributed by atoms with Crippen LogP contribution in [0.1, 0.15) is 48.8 Å². The number of hydrogen-bond acceptors (Lipinski definition) is 4. The number of nitrogens with zero attached hydrogens (tertiary/aromatic N) is 1. The lowest BCUT2D eigenvalue weighted by Crippen LogP contribution is -2.36. The number of aromatic nitrogens is 2. The third-order valence-electron chi connectivity index (χ3n) is 3.10. The van der Waals surface area contributed by atoms with Crippen LogP contribution in [0, 0.1) is 0 Å². The van der Waals surface area contributed by atoms with Gasteiger partial charge >= 0.3 is 0 Å². The van der Waals surface area contributed by atoms with E-state index in [0.717, 1.165) is 24.2 Å². The monoisotopic (exact) mass is 280 g/mol. The number of hydrogen-bond donors (Lipinski definition) is 3. The molecule has 1 aromatic heterocycles. The second kappa shape index (κ2) is 8.47. The van der Waals surface area contributed by atoms with Crippen molar-refractivity contribution in [2.75, 3.05) is 19.6 Å². The lowest BCUT2D eigenvalue weighted by Gasteiger charge is -2.11. The van der Waals surface area contributed by atoms with Crippen LogP contribution in [0.3, 0.4) is 0 Å². The Labute approximate surface area is 119 Å². The summed E-state index contributed by atoms with van der Waals surface area (Å²) in [6.45, 7) is 8.09. The van der Waals surface area contributed by atoms with Gasteiger partial charge < -0.3 is 10.6 Å². The fourth-order valence-electron chi connectivity index (χ4n) is 2.09. The Hall–Kier alpha value is -1.69. The summed E-state index contributed by atoms with van der Waals surface area (Å²) in [7, 11) is 0. The molecule has 0 atom stereocenters. The fourth-order valence-corrected chi connectivity index (χ4v) is 2.09. The summed E-state index contributed by atoms with van der Waals surface area (Å²) in [6.07, 6.45) is 2.37. The fraction of sp³-hybridized carbons (Fsp3) is 0.643. The number of amides is 1. The minimum atomic E-state index is -0.418. The molecule has 1 rings (SSSR count). The Bertz CT molecular complexity index is 496. The lowest BCUT2D eigenvalue weighted by molar-refractivity contribution is 0.0951. The van der Waals surface area contributed by atoms with Gasteiger partial charge in [0.2, 0.25) is 0 Å². The molecule has 0 bridgehead atoms. The molecule has 0 aromatic carbocycles. The van der Waals surface area contributed by atoms with Gasteiger partial charge in [0, 0.05) is 13.1 Å². The number of carbonyl (C=O) groups excluding carboxylic acids is 1. The van der Waals surface area contributed by atoms with Crippen LogP contribution < -0.4 is 16.2 Å². The Morgan fingerprint density at radius 2 is 1.90 bits per heavy atom. The van der Waals surface area contributed by atoms with Crippen molar-refractivity contribution in [1.29, 1.82) is 0 Å². The molecule has 0 spiro atoms. The molecule has 0 aliphatic carbocycles. The van der Waals surface area contributed by atoms with E-state index < -0.39 is 5.56 Å². The van der Waals surface area contributed by atoms with Crippen molar-refractivity contribution in [3.63, 3.8) is 0 Å². The van der Waals surface area contributed by atoms with E-state index in [1.165, 1.54) is 0 Å². The Kier molecular flexibility index (Phi) is 6.93. The Morgan fingerprint density at radius 3 is 2.50 bits per heavy atom. The van der Waals surface area contributed by atoms with Crippen LogP contribution in [0.25, 0.3) is 0 Å². The van der Waals surface area contributed by atoms with Gasteiger partial charge in [0.05, 0.1) is 5.69 Å². The van der Waals surface area contributed by atoms with Gasteiger partial charge in [-0.15, -0.1) is 0 Å². The van der Waals surface area contributed by atoms with Crippen molar-refractivity contribution in [2.45, 2.75) is 40.0 Å². The van der Waals surface area contributed by atoms with Crippen molar-refractivity contribution >= 4 is 5.91 Å². The first-order valence-corrected chi connectivity index (χ1v) is 7.24. The first kappa shape index (κ1) is 16.4. The maximum atomic E-state index is 12.2. The molecule has 0 aliphatic heterocycles. The highest BCUT2D eigenvalue weighted by molar-refractivity contribution is 5.95. The van der Waals surface area contributed by atoms with Crippen molar-refractivity contribution in [3.05, 3.63) is 27.2 Å². The van der Waals surface area contributed by atoms with E-state index in [-0.39, 0.29) is 11.5 Å². The van der Waals surface area contributed by atoms with Gasteiger partial charge in [-0.2, -0.15) is 5.10 Å². The second-order valence-corrected chi connectivity index (χ2v) is 4.57. The molecule has 3 N–H and O–H groups in total. The largest absolute Gasteiger partial charge is 0.351 e. The molecule has 0 unspecified atom stereocenters. The van der Waals surface area contributed by atoms with Gasteiger partial charge in [0.25, 0.3) is 11.5 Å². The summed E-state index contributed by atoms with van der Waals surface area (Å²) < 4.78 is 0. The zero-order valence-corrected chi connectivity index (χ0v) is 12.5. The van der Waals surface area contributed by atoms with Gasteiger partial charge in [-0.25, -0.2) is 5.10 Å². The van der Waals surface area contributed by atoms with E-state index in [1.807, 2.05) is 13.8 Å². The van der Waals surface area contributed by atoms with Gasteiger partial charge in [0.1, 0.15) is 5.56 Å². The van der Waals surface area contributed by atoms with Crippen LogP contribution in [0.4, 0.5) is 0 Å². The lowest BCUT2D eigenvalue weighted by atomic mass is 10.0. The molecule has 0 saturated carbocycles. The Balaban J connectivity index is 2.79. The summed E-state index contributed by atoms with van der Waals surface area (Å²) in [5.74, 6) is -0.321. The average Bonchev–Trinajstić information content (AvgIpc) is 2.46. The highest BCUT2D eigenvalue weighted by atomic mass is 16.2. The highest BCUT2D eigenvalue weighted by Gasteiger charge is 2.18. The van der Waals surface area contributed by atoms with Crippen LogP contribution in [0.15, 0.2) is 4.79 Å². The topological polar surface area (TPSA) is 86.9 Å². The van der Waals surface area contributed by atoms with Gasteiger partial charge in [0.15, 0.2) is 0 Å². The standard InChI is InChI=1S/C14H24N4O2/c1-4-7-15-8-9-16-13(19)12-10(5-2)11(6-3)17-18-14(12)20/h15H,4-9H2,1-3H3,(H,16,19)(H,18,20).